The number of carbonyl (C=O) groups is 20. The van der Waals surface area contributed by atoms with Gasteiger partial charge in [0.25, 0.3) is 0 Å². The Labute approximate surface area is 780 Å². The van der Waals surface area contributed by atoms with Gasteiger partial charge in [-0.15, -0.1) is 11.8 Å². The number of aliphatic hydroxyl groups is 1. The number of carboxylic acids is 3. The minimum atomic E-state index is -2.07. The molecule has 0 spiro atoms. The maximum atomic E-state index is 15.9. The molecule has 15 atom stereocenters. The van der Waals surface area contributed by atoms with E-state index in [4.69, 9.17) is 22.9 Å². The summed E-state index contributed by atoms with van der Waals surface area (Å²) < 4.78 is 1.39. The van der Waals surface area contributed by atoms with Crippen LogP contribution in [0.5, 0.6) is 5.75 Å². The van der Waals surface area contributed by atoms with Crippen LogP contribution in [0.3, 0.4) is 0 Å². The molecular formula is C88H121N21O25S. The van der Waals surface area contributed by atoms with Gasteiger partial charge in [-0.05, 0) is 92.9 Å². The molecule has 0 aliphatic carbocycles. The van der Waals surface area contributed by atoms with Crippen molar-refractivity contribution in [3.05, 3.63) is 102 Å². The molecule has 734 valence electrons. The molecule has 17 amide bonds. The first-order chi connectivity index (χ1) is 64.1. The van der Waals surface area contributed by atoms with Gasteiger partial charge in [-0.3, -0.25) is 95.9 Å². The van der Waals surface area contributed by atoms with E-state index in [9.17, 15) is 87.9 Å². The lowest BCUT2D eigenvalue weighted by atomic mass is 9.99. The van der Waals surface area contributed by atoms with Gasteiger partial charge >= 0.3 is 17.9 Å². The molecule has 3 aliphatic heterocycles. The van der Waals surface area contributed by atoms with Crippen molar-refractivity contribution in [3.8, 4) is 5.75 Å². The summed E-state index contributed by atoms with van der Waals surface area (Å²) in [7, 11) is 3.62. The second-order valence-electron chi connectivity index (χ2n) is 33.6. The Morgan fingerprint density at radius 1 is 0.519 bits per heavy atom. The Kier molecular flexibility index (Phi) is 39.7. The number of aromatic amines is 1. The van der Waals surface area contributed by atoms with Crippen LogP contribution < -0.4 is 76.1 Å². The Bertz CT molecular complexity index is 5190. The summed E-state index contributed by atoms with van der Waals surface area (Å²) in [4.78, 5) is 293. The number of aromatic hydroxyl groups is 1. The van der Waals surface area contributed by atoms with Crippen LogP contribution in [0.4, 0.5) is 0 Å². The van der Waals surface area contributed by atoms with Crippen molar-refractivity contribution in [1.29, 1.82) is 0 Å². The predicted octanol–water partition coefficient (Wildman–Crippen LogP) is -4.99. The molecule has 135 heavy (non-hydrogen) atoms. The van der Waals surface area contributed by atoms with Gasteiger partial charge < -0.3 is 136 Å². The van der Waals surface area contributed by atoms with Crippen molar-refractivity contribution in [1.82, 2.24) is 87.2 Å². The third kappa shape index (κ3) is 29.6. The summed E-state index contributed by atoms with van der Waals surface area (Å²) in [5.41, 5.74) is 25.3. The minimum absolute atomic E-state index is 0.0947. The maximum absolute atomic E-state index is 15.9. The fourth-order valence-corrected chi connectivity index (χ4v) is 17.2. The summed E-state index contributed by atoms with van der Waals surface area (Å²) >= 11 is 0.646. The number of phenols is 1. The highest BCUT2D eigenvalue weighted by Crippen LogP contribution is 2.29. The van der Waals surface area contributed by atoms with E-state index in [1.807, 2.05) is 0 Å². The number of carboxylic acid groups (broad SMARTS) is 3. The third-order valence-electron chi connectivity index (χ3n) is 23.7. The van der Waals surface area contributed by atoms with Crippen molar-refractivity contribution < 1.29 is 121 Å². The summed E-state index contributed by atoms with van der Waals surface area (Å²) in [5.74, 6) is -24.1. The highest BCUT2D eigenvalue weighted by atomic mass is 32.2. The number of H-pyrrole nitrogens is 1. The Morgan fingerprint density at radius 2 is 1.07 bits per heavy atom. The largest absolute Gasteiger partial charge is 0.508 e. The molecule has 0 radical (unpaired) electrons. The number of aromatic nitrogens is 2. The Hall–Kier alpha value is -13.8. The molecule has 0 saturated carbocycles. The number of aliphatic hydroxyl groups excluding tert-OH is 1. The van der Waals surface area contributed by atoms with Crippen LogP contribution in [0.15, 0.2) is 85.2 Å². The molecule has 8 rings (SSSR count). The number of amides is 17. The first-order valence-electron chi connectivity index (χ1n) is 44.3. The predicted molar refractivity (Wildman–Crippen MR) is 485 cm³/mol. The van der Waals surface area contributed by atoms with Crippen LogP contribution >= 0.6 is 11.8 Å². The summed E-state index contributed by atoms with van der Waals surface area (Å²) in [6, 6.07) is -5.26. The fourth-order valence-electron chi connectivity index (χ4n) is 16.3. The highest BCUT2D eigenvalue weighted by Gasteiger charge is 2.47. The van der Waals surface area contributed by atoms with E-state index >= 15 is 33.6 Å². The lowest BCUT2D eigenvalue weighted by molar-refractivity contribution is -0.149. The van der Waals surface area contributed by atoms with E-state index in [0.717, 1.165) is 31.5 Å². The molecule has 3 fully saturated rings. The van der Waals surface area contributed by atoms with Gasteiger partial charge in [0.05, 0.1) is 31.2 Å². The second kappa shape index (κ2) is 50.3. The van der Waals surface area contributed by atoms with Crippen LogP contribution in [0.2, 0.25) is 0 Å². The molecule has 3 saturated heterocycles. The van der Waals surface area contributed by atoms with Gasteiger partial charge in [0.1, 0.15) is 96.9 Å². The van der Waals surface area contributed by atoms with E-state index in [1.54, 1.807) is 68.6 Å². The lowest BCUT2D eigenvalue weighted by Gasteiger charge is -2.36. The van der Waals surface area contributed by atoms with Crippen LogP contribution in [0.1, 0.15) is 127 Å². The first kappa shape index (κ1) is 107. The molecule has 2 aromatic heterocycles. The van der Waals surface area contributed by atoms with Gasteiger partial charge in [-0.1, -0.05) is 88.1 Å². The van der Waals surface area contributed by atoms with Crippen LogP contribution in [-0.4, -0.2) is 334 Å². The summed E-state index contributed by atoms with van der Waals surface area (Å²) in [6.07, 6.45) is -2.97. The van der Waals surface area contributed by atoms with Crippen molar-refractivity contribution in [2.45, 2.75) is 227 Å². The van der Waals surface area contributed by atoms with E-state index in [2.05, 4.69) is 58.2 Å². The normalized spacial score (nSPS) is 24.7. The average Bonchev–Trinajstić information content (AvgIpc) is 1.55. The smallest absolute Gasteiger partial charge is 0.323 e. The second-order valence-corrected chi connectivity index (χ2v) is 34.6. The average molecular weight is 1910 g/mol. The van der Waals surface area contributed by atoms with E-state index < -0.39 is 285 Å². The van der Waals surface area contributed by atoms with E-state index in [1.165, 1.54) is 56.0 Å². The minimum Gasteiger partial charge on any atom is -0.508 e. The number of nitrogens with two attached hydrogens (primary N) is 4. The van der Waals surface area contributed by atoms with Gasteiger partial charge in [-0.2, -0.15) is 0 Å². The molecule has 0 unspecified atom stereocenters. The standard InChI is InChI=1S/C88H121N21O25S/c1-7-9-19-65-81(127)99-58(36-72(115)116)79(125)103-63(76(122)94-40-70(92)113)44-135-45-71(114)95-59(32-47-23-25-50(110)26-24-47)84(130)104(4)46(3)75(121)100-61(37-73(117)118)87(133)108-31-15-22-66(108)82(128)102-62(38-90)80(126)97-56(27-28-69(91)112)86(132)109-42-51(111)35-68(109)83(129)98-57(33-48-39-93-54-18-13-11-16-52(48)54)78(124)96-55(29-30-89)77(123)101-60(85(131)106(6)67(20-10-8-2)88(134)105(65)5)34-49-41-107(43-74(119)120)64-21-14-12-17-53(49)64/h11-14,16-18,21,23-26,39,41,46,51,55-63,65-68,93,110-111H,7-10,15,19-20,22,27-38,40,42-45,89-90H2,1-6H3,(H2,91,112)(H2,92,113)(H,94,122)(H,95,114)(H,96,124)(H,97,126)(H,98,129)(H,99,127)(H,100,121)(H,101,123)(H,102,128)(H,103,125)(H,115,116)(H,117,118)(H,119,120)/t46-,51+,55-,56-,57-,58-,59-,60-,61+,62-,63-,65-,66-,67-,68-/m0/s1. The SMILES string of the molecule is CCCC[C@H]1C(=O)N(C)[C@@H](CCCC)C(=O)N[C@@H](CC(=O)O)C(=O)N[C@H](C(=O)NCC(N)=O)CSCC(=O)N[C@@H](Cc2ccc(O)cc2)C(=O)N(C)[C@@H](C)C(=O)N[C@H](CC(=O)O)C(=O)N2CCC[C@H]2C(=O)N[C@@H](CN)C(=O)N[C@@H](CCC(N)=O)C(=O)N2C[C@H](O)C[C@H]2C(=O)N[C@@H](Cc2c[nH]c3ccccc23)C(=O)N[C@@H](CCN)C(=O)N[C@@H](Cc2cn(CC(=O)O)c3ccccc23)C(=O)N1C. The molecule has 0 bridgehead atoms. The fraction of sp³-hybridized carbons (Fsp3) is 0.523. The highest BCUT2D eigenvalue weighted by molar-refractivity contribution is 8.00. The summed E-state index contributed by atoms with van der Waals surface area (Å²) in [6.45, 7) is 1.48. The number of thioether (sulfide) groups is 1. The number of aliphatic carboxylic acids is 3. The van der Waals surface area contributed by atoms with Crippen molar-refractivity contribution in [3.63, 3.8) is 0 Å². The molecular weight excluding hydrogens is 1780 g/mol. The zero-order valence-electron chi connectivity index (χ0n) is 75.7. The number of nitrogens with zero attached hydrogens (tertiary/aromatic N) is 6. The summed E-state index contributed by atoms with van der Waals surface area (Å²) in [5, 5.41) is 78.0. The lowest BCUT2D eigenvalue weighted by Crippen LogP contribution is -2.61. The first-order valence-corrected chi connectivity index (χ1v) is 45.4. The number of fused-ring (bicyclic) bond motifs is 4. The molecule has 24 N–H and O–H groups in total. The number of carbonyl (C=O) groups excluding carboxylic acids is 17. The topological polar surface area (TPSA) is 704 Å². The van der Waals surface area contributed by atoms with Gasteiger partial charge in [0, 0.05) is 113 Å². The number of para-hydroxylation sites is 2. The van der Waals surface area contributed by atoms with Gasteiger partial charge in [0.15, 0.2) is 0 Å². The van der Waals surface area contributed by atoms with Crippen LogP contribution in [0.25, 0.3) is 21.8 Å². The number of nitrogens with one attached hydrogen (secondary N) is 11. The van der Waals surface area contributed by atoms with Crippen LogP contribution in [0, 0.1) is 0 Å². The molecule has 3 aromatic carbocycles. The molecule has 5 heterocycles. The van der Waals surface area contributed by atoms with E-state index in [-0.39, 0.29) is 76.6 Å². The number of unbranched alkanes of at least 4 members (excludes halogenated alkanes) is 2. The number of likely N-dealkylation sites (N-methyl/N-ethyl adjacent to an activating group) is 3. The van der Waals surface area contributed by atoms with Gasteiger partial charge in [-0.25, -0.2) is 0 Å². The molecule has 46 nitrogen and oxygen atoms in total. The van der Waals surface area contributed by atoms with E-state index in [0.29, 0.717) is 63.1 Å². The van der Waals surface area contributed by atoms with Gasteiger partial charge in [0.2, 0.25) is 100 Å². The number of hydrogen-bond acceptors (Lipinski definition) is 25. The Balaban J connectivity index is 1.21. The molecule has 3 aliphatic rings. The number of primary amides is 2. The number of hydrogen-bond donors (Lipinski definition) is 20. The van der Waals surface area contributed by atoms with Crippen LogP contribution in [-0.2, 0) is 122 Å². The quantitative estimate of drug-likeness (QED) is 0.0234. The Morgan fingerprint density at radius 3 is 1.71 bits per heavy atom. The van der Waals surface area contributed by atoms with Crippen molar-refractivity contribution >= 4 is 152 Å². The number of benzene rings is 3. The van der Waals surface area contributed by atoms with Crippen molar-refractivity contribution in [2.75, 3.05) is 65.4 Å². The molecule has 47 heteroatoms. The molecule has 5 aromatic rings. The maximum Gasteiger partial charge on any atom is 0.323 e. The van der Waals surface area contributed by atoms with Crippen molar-refractivity contribution in [2.24, 2.45) is 22.9 Å². The number of rotatable bonds is 27. The monoisotopic (exact) mass is 1900 g/mol. The zero-order chi connectivity index (χ0) is 99.4. The third-order valence-corrected chi connectivity index (χ3v) is 24.7. The zero-order valence-corrected chi connectivity index (χ0v) is 76.5. The number of phenolic OH excluding ortho intramolecular Hbond substituents is 1.